The van der Waals surface area contributed by atoms with Crippen molar-refractivity contribution in [1.82, 2.24) is 0 Å². The maximum atomic E-state index is 12.0. The molecule has 0 aliphatic rings. The lowest BCUT2D eigenvalue weighted by atomic mass is 10.2. The number of allylic oxidation sites excluding steroid dienone is 2. The van der Waals surface area contributed by atoms with E-state index in [0.29, 0.717) is 0 Å². The Morgan fingerprint density at radius 2 is 1.83 bits per heavy atom. The van der Waals surface area contributed by atoms with E-state index in [-0.39, 0.29) is 5.75 Å². The van der Waals surface area contributed by atoms with E-state index in [9.17, 15) is 13.2 Å². The number of hydrogen-bond donors (Lipinski definition) is 0. The second-order valence-corrected chi connectivity index (χ2v) is 3.52. The van der Waals surface area contributed by atoms with Crippen LogP contribution in [-0.2, 0) is 0 Å². The Hall–Kier alpha value is -1.91. The molecule has 0 radical (unpaired) electrons. The number of benzene rings is 1. The molecule has 2 nitrogen and oxygen atoms in total. The summed E-state index contributed by atoms with van der Waals surface area (Å²) in [6.45, 7) is 7.41. The van der Waals surface area contributed by atoms with Crippen LogP contribution in [0.2, 0.25) is 0 Å². The highest BCUT2D eigenvalue weighted by atomic mass is 19.4. The SMILES string of the molecule is C=CN(/C(C)=C/C)c1ccc(OC(F)(F)F)cc1. The Morgan fingerprint density at radius 3 is 2.22 bits per heavy atom. The maximum Gasteiger partial charge on any atom is 0.573 e. The summed E-state index contributed by atoms with van der Waals surface area (Å²) >= 11 is 0. The van der Waals surface area contributed by atoms with Gasteiger partial charge in [-0.1, -0.05) is 12.7 Å². The van der Waals surface area contributed by atoms with Crippen molar-refractivity contribution in [2.24, 2.45) is 0 Å². The number of hydrogen-bond acceptors (Lipinski definition) is 2. The molecule has 1 aromatic carbocycles. The van der Waals surface area contributed by atoms with Crippen LogP contribution in [0.4, 0.5) is 18.9 Å². The second kappa shape index (κ2) is 5.62. The van der Waals surface area contributed by atoms with Gasteiger partial charge in [-0.2, -0.15) is 0 Å². The summed E-state index contributed by atoms with van der Waals surface area (Å²) in [5.41, 5.74) is 1.64. The first-order chi connectivity index (χ1) is 8.37. The summed E-state index contributed by atoms with van der Waals surface area (Å²) in [7, 11) is 0. The van der Waals surface area contributed by atoms with Crippen molar-refractivity contribution in [3.05, 3.63) is 48.8 Å². The van der Waals surface area contributed by atoms with E-state index >= 15 is 0 Å². The average molecular weight is 257 g/mol. The normalized spacial score (nSPS) is 12.2. The van der Waals surface area contributed by atoms with Gasteiger partial charge in [-0.15, -0.1) is 13.2 Å². The van der Waals surface area contributed by atoms with Gasteiger partial charge in [0.2, 0.25) is 0 Å². The van der Waals surface area contributed by atoms with Crippen molar-refractivity contribution in [2.75, 3.05) is 4.90 Å². The quantitative estimate of drug-likeness (QED) is 0.789. The molecule has 0 heterocycles. The molecule has 0 N–H and O–H groups in total. The number of ether oxygens (including phenoxy) is 1. The minimum Gasteiger partial charge on any atom is -0.406 e. The minimum atomic E-state index is -4.67. The Balaban J connectivity index is 2.91. The third-order valence-corrected chi connectivity index (χ3v) is 2.33. The van der Waals surface area contributed by atoms with Crippen molar-refractivity contribution < 1.29 is 17.9 Å². The lowest BCUT2D eigenvalue weighted by Crippen LogP contribution is -2.17. The first-order valence-corrected chi connectivity index (χ1v) is 5.28. The van der Waals surface area contributed by atoms with Crippen LogP contribution in [0.15, 0.2) is 48.8 Å². The molecule has 1 aromatic rings. The van der Waals surface area contributed by atoms with Crippen LogP contribution in [0.3, 0.4) is 0 Å². The first kappa shape index (κ1) is 14.2. The Kier molecular flexibility index (Phi) is 4.42. The van der Waals surface area contributed by atoms with Crippen molar-refractivity contribution in [1.29, 1.82) is 0 Å². The van der Waals surface area contributed by atoms with Gasteiger partial charge < -0.3 is 9.64 Å². The lowest BCUT2D eigenvalue weighted by Gasteiger charge is -2.21. The Morgan fingerprint density at radius 1 is 1.28 bits per heavy atom. The first-order valence-electron chi connectivity index (χ1n) is 5.28. The molecular weight excluding hydrogens is 243 g/mol. The molecule has 0 atom stereocenters. The largest absolute Gasteiger partial charge is 0.573 e. The van der Waals surface area contributed by atoms with E-state index in [1.165, 1.54) is 24.3 Å². The summed E-state index contributed by atoms with van der Waals surface area (Å²) in [5.74, 6) is -0.242. The summed E-state index contributed by atoms with van der Waals surface area (Å²) in [6.07, 6.45) is -1.20. The highest BCUT2D eigenvalue weighted by molar-refractivity contribution is 5.55. The third-order valence-electron chi connectivity index (χ3n) is 2.33. The van der Waals surface area contributed by atoms with E-state index in [2.05, 4.69) is 11.3 Å². The van der Waals surface area contributed by atoms with Crippen LogP contribution < -0.4 is 9.64 Å². The molecule has 18 heavy (non-hydrogen) atoms. The zero-order chi connectivity index (χ0) is 13.8. The Bertz CT molecular complexity index is 435. The second-order valence-electron chi connectivity index (χ2n) is 3.52. The smallest absolute Gasteiger partial charge is 0.406 e. The van der Waals surface area contributed by atoms with Crippen LogP contribution in [0.1, 0.15) is 13.8 Å². The molecule has 0 bridgehead atoms. The van der Waals surface area contributed by atoms with Gasteiger partial charge in [0, 0.05) is 17.6 Å². The summed E-state index contributed by atoms with van der Waals surface area (Å²) in [6, 6.07) is 5.61. The van der Waals surface area contributed by atoms with Crippen molar-refractivity contribution in [2.45, 2.75) is 20.2 Å². The standard InChI is InChI=1S/C13H14F3NO/c1-4-10(3)17(5-2)11-6-8-12(9-7-11)18-13(14,15)16/h4-9H,2H2,1,3H3/b10-4+. The van der Waals surface area contributed by atoms with Gasteiger partial charge in [-0.3, -0.25) is 0 Å². The van der Waals surface area contributed by atoms with E-state index in [1.54, 1.807) is 11.1 Å². The fraction of sp³-hybridized carbons (Fsp3) is 0.231. The van der Waals surface area contributed by atoms with Gasteiger partial charge in [0.05, 0.1) is 0 Å². The van der Waals surface area contributed by atoms with Gasteiger partial charge in [0.1, 0.15) is 5.75 Å². The van der Waals surface area contributed by atoms with Gasteiger partial charge >= 0.3 is 6.36 Å². The number of alkyl halides is 3. The van der Waals surface area contributed by atoms with Crippen LogP contribution in [0, 0.1) is 0 Å². The number of nitrogens with zero attached hydrogens (tertiary/aromatic N) is 1. The molecule has 98 valence electrons. The molecule has 0 amide bonds. The maximum absolute atomic E-state index is 12.0. The summed E-state index contributed by atoms with van der Waals surface area (Å²) in [5, 5.41) is 0. The number of halogens is 3. The van der Waals surface area contributed by atoms with E-state index in [1.807, 2.05) is 19.9 Å². The predicted octanol–water partition coefficient (Wildman–Crippen LogP) is 4.46. The van der Waals surface area contributed by atoms with Crippen molar-refractivity contribution in [3.63, 3.8) is 0 Å². The van der Waals surface area contributed by atoms with Gasteiger partial charge in [0.15, 0.2) is 0 Å². The van der Waals surface area contributed by atoms with Crippen LogP contribution in [-0.4, -0.2) is 6.36 Å². The molecule has 5 heteroatoms. The van der Waals surface area contributed by atoms with E-state index in [4.69, 9.17) is 0 Å². The van der Waals surface area contributed by atoms with Crippen molar-refractivity contribution >= 4 is 5.69 Å². The monoisotopic (exact) mass is 257 g/mol. The van der Waals surface area contributed by atoms with Crippen LogP contribution in [0.25, 0.3) is 0 Å². The number of rotatable bonds is 4. The topological polar surface area (TPSA) is 12.5 Å². The van der Waals surface area contributed by atoms with Gasteiger partial charge in [-0.25, -0.2) is 0 Å². The molecule has 0 fully saturated rings. The molecular formula is C13H14F3NO. The van der Waals surface area contributed by atoms with E-state index < -0.39 is 6.36 Å². The van der Waals surface area contributed by atoms with Crippen LogP contribution >= 0.6 is 0 Å². The zero-order valence-corrected chi connectivity index (χ0v) is 10.2. The highest BCUT2D eigenvalue weighted by Gasteiger charge is 2.30. The van der Waals surface area contributed by atoms with Gasteiger partial charge in [-0.05, 0) is 38.1 Å². The third kappa shape index (κ3) is 3.84. The predicted molar refractivity (Wildman–Crippen MR) is 65.2 cm³/mol. The van der Waals surface area contributed by atoms with Crippen molar-refractivity contribution in [3.8, 4) is 5.75 Å². The Labute approximate surface area is 104 Å². The number of anilines is 1. The lowest BCUT2D eigenvalue weighted by molar-refractivity contribution is -0.274. The average Bonchev–Trinajstić information content (AvgIpc) is 2.30. The molecule has 1 rings (SSSR count). The molecule has 0 saturated heterocycles. The molecule has 0 spiro atoms. The van der Waals surface area contributed by atoms with Gasteiger partial charge in [0.25, 0.3) is 0 Å². The van der Waals surface area contributed by atoms with Crippen LogP contribution in [0.5, 0.6) is 5.75 Å². The fourth-order valence-electron chi connectivity index (χ4n) is 1.40. The summed E-state index contributed by atoms with van der Waals surface area (Å²) in [4.78, 5) is 1.76. The van der Waals surface area contributed by atoms with E-state index in [0.717, 1.165) is 11.4 Å². The zero-order valence-electron chi connectivity index (χ0n) is 10.2. The highest BCUT2D eigenvalue weighted by Crippen LogP contribution is 2.26. The molecule has 0 saturated carbocycles. The molecule has 0 aliphatic heterocycles. The molecule has 0 unspecified atom stereocenters. The minimum absolute atomic E-state index is 0.242. The summed E-state index contributed by atoms with van der Waals surface area (Å²) < 4.78 is 39.8. The fourth-order valence-corrected chi connectivity index (χ4v) is 1.40. The molecule has 0 aromatic heterocycles. The molecule has 0 aliphatic carbocycles.